The smallest absolute Gasteiger partial charge is 0.315 e. The number of nitrogens with zero attached hydrogens (tertiary/aromatic N) is 3. The lowest BCUT2D eigenvalue weighted by atomic mass is 10.0. The Bertz CT molecular complexity index is 280. The second-order valence-corrected chi connectivity index (χ2v) is 3.18. The van der Waals surface area contributed by atoms with Crippen molar-refractivity contribution in [2.45, 2.75) is 13.0 Å². The van der Waals surface area contributed by atoms with Crippen LogP contribution in [0.2, 0.25) is 0 Å². The van der Waals surface area contributed by atoms with Crippen LogP contribution in [0.3, 0.4) is 0 Å². The van der Waals surface area contributed by atoms with Gasteiger partial charge in [0, 0.05) is 18.2 Å². The molecule has 0 saturated carbocycles. The quantitative estimate of drug-likeness (QED) is 0.421. The first-order chi connectivity index (χ1) is 5.65. The first-order valence-corrected chi connectivity index (χ1v) is 3.90. The number of likely N-dealkylation sites (N-methyl/N-ethyl adjacent to an activating group) is 1. The molecule has 0 fully saturated rings. The number of rotatable bonds is 1. The van der Waals surface area contributed by atoms with Crippen molar-refractivity contribution in [2.24, 2.45) is 0 Å². The van der Waals surface area contributed by atoms with Crippen LogP contribution < -0.4 is 0 Å². The average molecular weight is 163 g/mol. The number of hydrogen-bond donors (Lipinski definition) is 0. The van der Waals surface area contributed by atoms with E-state index in [0.29, 0.717) is 11.8 Å². The molecular formula is C9H13N3. The third-order valence-electron chi connectivity index (χ3n) is 1.96. The summed E-state index contributed by atoms with van der Waals surface area (Å²) in [6, 6.07) is 0.329. The molecule has 0 radical (unpaired) electrons. The molecule has 0 bridgehead atoms. The van der Waals surface area contributed by atoms with E-state index in [1.54, 1.807) is 0 Å². The molecule has 12 heavy (non-hydrogen) atoms. The van der Waals surface area contributed by atoms with Gasteiger partial charge in [0.15, 0.2) is 0 Å². The van der Waals surface area contributed by atoms with Crippen LogP contribution in [0.4, 0.5) is 0 Å². The largest absolute Gasteiger partial charge is 0.361 e. The van der Waals surface area contributed by atoms with E-state index in [1.165, 1.54) is 5.57 Å². The summed E-state index contributed by atoms with van der Waals surface area (Å²) in [4.78, 5) is 5.23. The minimum Gasteiger partial charge on any atom is -0.361 e. The zero-order chi connectivity index (χ0) is 9.14. The SMILES string of the molecule is CC1=CC(=[N+]=[N-])C=CC1N(C)C. The molecular weight excluding hydrogens is 150 g/mol. The molecule has 0 saturated heterocycles. The van der Waals surface area contributed by atoms with Gasteiger partial charge in [0.1, 0.15) is 0 Å². The molecule has 0 aliphatic heterocycles. The molecule has 1 aliphatic carbocycles. The van der Waals surface area contributed by atoms with Crippen molar-refractivity contribution in [3.8, 4) is 0 Å². The highest BCUT2D eigenvalue weighted by Gasteiger charge is 2.16. The van der Waals surface area contributed by atoms with Crippen LogP contribution in [0.25, 0.3) is 5.53 Å². The van der Waals surface area contributed by atoms with Crippen LogP contribution in [-0.2, 0) is 0 Å². The average Bonchev–Trinajstić information content (AvgIpc) is 2.03. The van der Waals surface area contributed by atoms with E-state index in [9.17, 15) is 0 Å². The molecule has 1 rings (SSSR count). The standard InChI is InChI=1S/C9H13N3/c1-7-6-8(11-10)4-5-9(7)12(2)3/h4-6,9H,1-3H3. The summed E-state index contributed by atoms with van der Waals surface area (Å²) in [5, 5.41) is 0. The van der Waals surface area contributed by atoms with Crippen molar-refractivity contribution < 1.29 is 4.79 Å². The van der Waals surface area contributed by atoms with Crippen molar-refractivity contribution in [1.82, 2.24) is 4.90 Å². The van der Waals surface area contributed by atoms with Gasteiger partial charge in [-0.25, -0.2) is 0 Å². The van der Waals surface area contributed by atoms with E-state index in [4.69, 9.17) is 5.53 Å². The van der Waals surface area contributed by atoms with Gasteiger partial charge in [0.25, 0.3) is 0 Å². The molecule has 0 amide bonds. The van der Waals surface area contributed by atoms with Crippen LogP contribution in [0, 0.1) is 0 Å². The summed E-state index contributed by atoms with van der Waals surface area (Å²) >= 11 is 0. The Morgan fingerprint density at radius 2 is 2.17 bits per heavy atom. The van der Waals surface area contributed by atoms with Crippen molar-refractivity contribution in [3.05, 3.63) is 29.3 Å². The molecule has 64 valence electrons. The van der Waals surface area contributed by atoms with Crippen LogP contribution >= 0.6 is 0 Å². The predicted molar refractivity (Wildman–Crippen MR) is 49.0 cm³/mol. The van der Waals surface area contributed by atoms with E-state index in [-0.39, 0.29) is 0 Å². The molecule has 0 spiro atoms. The van der Waals surface area contributed by atoms with Gasteiger partial charge in [0.05, 0.1) is 0 Å². The van der Waals surface area contributed by atoms with E-state index in [1.807, 2.05) is 39.2 Å². The van der Waals surface area contributed by atoms with E-state index >= 15 is 0 Å². The Morgan fingerprint density at radius 3 is 2.58 bits per heavy atom. The molecule has 0 aromatic heterocycles. The molecule has 0 N–H and O–H groups in total. The maximum atomic E-state index is 8.51. The maximum Gasteiger partial charge on any atom is 0.315 e. The molecule has 0 aromatic carbocycles. The summed E-state index contributed by atoms with van der Waals surface area (Å²) in [7, 11) is 4.04. The Morgan fingerprint density at radius 1 is 1.50 bits per heavy atom. The molecule has 0 heterocycles. The summed E-state index contributed by atoms with van der Waals surface area (Å²) in [5.41, 5.74) is 10.3. The fourth-order valence-corrected chi connectivity index (χ4v) is 1.35. The second-order valence-electron chi connectivity index (χ2n) is 3.18. The minimum absolute atomic E-state index is 0.329. The molecule has 1 aliphatic rings. The zero-order valence-corrected chi connectivity index (χ0v) is 7.65. The monoisotopic (exact) mass is 163 g/mol. The van der Waals surface area contributed by atoms with Gasteiger partial charge < -0.3 is 5.53 Å². The Labute approximate surface area is 72.6 Å². The van der Waals surface area contributed by atoms with Crippen LogP contribution in [0.5, 0.6) is 0 Å². The first kappa shape index (κ1) is 8.91. The van der Waals surface area contributed by atoms with Crippen LogP contribution in [0.1, 0.15) is 6.92 Å². The summed E-state index contributed by atoms with van der Waals surface area (Å²) in [5.74, 6) is 0. The van der Waals surface area contributed by atoms with E-state index < -0.39 is 0 Å². The third kappa shape index (κ3) is 1.70. The van der Waals surface area contributed by atoms with Gasteiger partial charge in [-0.05, 0) is 26.6 Å². The van der Waals surface area contributed by atoms with Crippen LogP contribution in [0.15, 0.2) is 23.8 Å². The topological polar surface area (TPSA) is 39.6 Å². The Hall–Kier alpha value is -1.18. The lowest BCUT2D eigenvalue weighted by Gasteiger charge is -2.22. The normalized spacial score (nSPS) is 22.5. The van der Waals surface area contributed by atoms with Crippen molar-refractivity contribution in [3.63, 3.8) is 0 Å². The molecule has 3 nitrogen and oxygen atoms in total. The van der Waals surface area contributed by atoms with Gasteiger partial charge >= 0.3 is 5.71 Å². The lowest BCUT2D eigenvalue weighted by Crippen LogP contribution is -2.29. The van der Waals surface area contributed by atoms with Crippen LogP contribution in [-0.4, -0.2) is 35.5 Å². The fraction of sp³-hybridized carbons (Fsp3) is 0.444. The van der Waals surface area contributed by atoms with Crippen molar-refractivity contribution in [1.29, 1.82) is 0 Å². The highest BCUT2D eigenvalue weighted by Crippen LogP contribution is 2.12. The van der Waals surface area contributed by atoms with E-state index in [2.05, 4.69) is 9.69 Å². The van der Waals surface area contributed by atoms with Crippen molar-refractivity contribution in [2.75, 3.05) is 14.1 Å². The van der Waals surface area contributed by atoms with E-state index in [0.717, 1.165) is 0 Å². The Balaban J connectivity index is 2.90. The van der Waals surface area contributed by atoms with Gasteiger partial charge in [0.2, 0.25) is 0 Å². The Kier molecular flexibility index (Phi) is 2.58. The number of hydrogen-bond acceptors (Lipinski definition) is 1. The summed E-state index contributed by atoms with van der Waals surface area (Å²) < 4.78 is 0. The maximum absolute atomic E-state index is 8.51. The lowest BCUT2D eigenvalue weighted by molar-refractivity contribution is -0.00178. The molecule has 1 unspecified atom stereocenters. The number of allylic oxidation sites excluding steroid dienone is 2. The van der Waals surface area contributed by atoms with Gasteiger partial charge in [-0.15, -0.1) is 0 Å². The predicted octanol–water partition coefficient (Wildman–Crippen LogP) is 1.10. The summed E-state index contributed by atoms with van der Waals surface area (Å²) in [6.45, 7) is 2.03. The highest BCUT2D eigenvalue weighted by atomic mass is 15.1. The molecule has 3 heteroatoms. The molecule has 1 atom stereocenters. The minimum atomic E-state index is 0.329. The fourth-order valence-electron chi connectivity index (χ4n) is 1.35. The summed E-state index contributed by atoms with van der Waals surface area (Å²) in [6.07, 6.45) is 5.72. The second kappa shape index (κ2) is 3.48. The third-order valence-corrected chi connectivity index (χ3v) is 1.96. The van der Waals surface area contributed by atoms with Gasteiger partial charge in [-0.3, -0.25) is 4.90 Å². The van der Waals surface area contributed by atoms with Gasteiger partial charge in [-0.2, -0.15) is 4.79 Å². The highest BCUT2D eigenvalue weighted by molar-refractivity contribution is 6.01. The zero-order valence-electron chi connectivity index (χ0n) is 7.65. The van der Waals surface area contributed by atoms with Gasteiger partial charge in [-0.1, -0.05) is 6.08 Å². The first-order valence-electron chi connectivity index (χ1n) is 3.90. The molecule has 0 aromatic rings. The van der Waals surface area contributed by atoms with Crippen molar-refractivity contribution >= 4 is 5.71 Å².